The number of nitrogens with one attached hydrogen (secondary N) is 1. The Kier molecular flexibility index (Phi) is 5.17. The van der Waals surface area contributed by atoms with Crippen LogP contribution in [0.5, 0.6) is 0 Å². The van der Waals surface area contributed by atoms with Crippen molar-refractivity contribution in [2.45, 2.75) is 44.9 Å². The van der Waals surface area contributed by atoms with Gasteiger partial charge in [-0.15, -0.1) is 0 Å². The van der Waals surface area contributed by atoms with Gasteiger partial charge < -0.3 is 15.0 Å². The number of carbonyl (C=O) groups is 1. The number of urea groups is 1. The SMILES string of the molecule is C[C@H](NC(=O)N(C)[C@H](C)c1ccc(F)cc1)[C@H]1CCCO1. The molecule has 0 unspecified atom stereocenters. The molecule has 21 heavy (non-hydrogen) atoms. The summed E-state index contributed by atoms with van der Waals surface area (Å²) < 4.78 is 18.5. The summed E-state index contributed by atoms with van der Waals surface area (Å²) in [5.74, 6) is -0.273. The molecule has 0 aromatic heterocycles. The molecule has 4 nitrogen and oxygen atoms in total. The highest BCUT2D eigenvalue weighted by atomic mass is 19.1. The van der Waals surface area contributed by atoms with Gasteiger partial charge in [-0.05, 0) is 44.4 Å². The molecule has 1 aliphatic rings. The number of hydrogen-bond acceptors (Lipinski definition) is 2. The quantitative estimate of drug-likeness (QED) is 0.927. The van der Waals surface area contributed by atoms with E-state index < -0.39 is 0 Å². The summed E-state index contributed by atoms with van der Waals surface area (Å²) >= 11 is 0. The molecule has 1 aromatic rings. The van der Waals surface area contributed by atoms with Crippen molar-refractivity contribution in [1.29, 1.82) is 0 Å². The molecule has 1 fully saturated rings. The second-order valence-electron chi connectivity index (χ2n) is 5.63. The predicted molar refractivity (Wildman–Crippen MR) is 79.5 cm³/mol. The van der Waals surface area contributed by atoms with Crippen LogP contribution in [0.3, 0.4) is 0 Å². The molecule has 2 rings (SSSR count). The van der Waals surface area contributed by atoms with Crippen LogP contribution in [-0.4, -0.2) is 36.7 Å². The summed E-state index contributed by atoms with van der Waals surface area (Å²) in [4.78, 5) is 13.9. The van der Waals surface area contributed by atoms with Crippen molar-refractivity contribution in [2.75, 3.05) is 13.7 Å². The second-order valence-corrected chi connectivity index (χ2v) is 5.63. The zero-order valence-electron chi connectivity index (χ0n) is 12.8. The van der Waals surface area contributed by atoms with E-state index >= 15 is 0 Å². The number of amides is 2. The van der Waals surface area contributed by atoms with Crippen LogP contribution in [-0.2, 0) is 4.74 Å². The van der Waals surface area contributed by atoms with Crippen LogP contribution in [0, 0.1) is 5.82 Å². The van der Waals surface area contributed by atoms with E-state index in [9.17, 15) is 9.18 Å². The average Bonchev–Trinajstić information content (AvgIpc) is 3.00. The number of hydrogen-bond donors (Lipinski definition) is 1. The van der Waals surface area contributed by atoms with E-state index in [2.05, 4.69) is 5.32 Å². The van der Waals surface area contributed by atoms with Crippen LogP contribution in [0.1, 0.15) is 38.3 Å². The van der Waals surface area contributed by atoms with Gasteiger partial charge >= 0.3 is 6.03 Å². The summed E-state index contributed by atoms with van der Waals surface area (Å²) in [6.07, 6.45) is 2.13. The summed E-state index contributed by atoms with van der Waals surface area (Å²) in [5, 5.41) is 2.97. The first-order valence-corrected chi connectivity index (χ1v) is 7.39. The zero-order chi connectivity index (χ0) is 15.4. The number of ether oxygens (including phenoxy) is 1. The third-order valence-corrected chi connectivity index (χ3v) is 4.13. The summed E-state index contributed by atoms with van der Waals surface area (Å²) in [6, 6.07) is 5.94. The number of nitrogens with zero attached hydrogens (tertiary/aromatic N) is 1. The van der Waals surface area contributed by atoms with Crippen molar-refractivity contribution < 1.29 is 13.9 Å². The third-order valence-electron chi connectivity index (χ3n) is 4.13. The molecule has 0 radical (unpaired) electrons. The van der Waals surface area contributed by atoms with E-state index in [1.54, 1.807) is 24.1 Å². The summed E-state index contributed by atoms with van der Waals surface area (Å²) in [7, 11) is 1.74. The van der Waals surface area contributed by atoms with E-state index in [1.807, 2.05) is 13.8 Å². The molecule has 5 heteroatoms. The van der Waals surface area contributed by atoms with Gasteiger partial charge in [0.25, 0.3) is 0 Å². The molecule has 116 valence electrons. The number of carbonyl (C=O) groups excluding carboxylic acids is 1. The maximum atomic E-state index is 12.9. The Bertz CT molecular complexity index is 472. The van der Waals surface area contributed by atoms with Crippen molar-refractivity contribution in [1.82, 2.24) is 10.2 Å². The highest BCUT2D eigenvalue weighted by Gasteiger charge is 2.26. The van der Waals surface area contributed by atoms with Gasteiger partial charge in [0.15, 0.2) is 0 Å². The Hall–Kier alpha value is -1.62. The lowest BCUT2D eigenvalue weighted by Gasteiger charge is -2.28. The van der Waals surface area contributed by atoms with E-state index in [1.165, 1.54) is 12.1 Å². The van der Waals surface area contributed by atoms with E-state index in [0.29, 0.717) is 0 Å². The first kappa shape index (κ1) is 15.8. The third kappa shape index (κ3) is 3.94. The standard InChI is InChI=1S/C16H23FN2O2/c1-11(15-5-4-10-21-15)18-16(20)19(3)12(2)13-6-8-14(17)9-7-13/h6-9,11-12,15H,4-5,10H2,1-3H3,(H,18,20)/t11-,12+,15+/m0/s1. The minimum Gasteiger partial charge on any atom is -0.376 e. The Morgan fingerprint density at radius 1 is 1.38 bits per heavy atom. The van der Waals surface area contributed by atoms with Crippen molar-refractivity contribution in [3.05, 3.63) is 35.6 Å². The van der Waals surface area contributed by atoms with Crippen LogP contribution < -0.4 is 5.32 Å². The highest BCUT2D eigenvalue weighted by molar-refractivity contribution is 5.74. The first-order chi connectivity index (χ1) is 9.99. The molecular formula is C16H23FN2O2. The molecule has 1 saturated heterocycles. The van der Waals surface area contributed by atoms with E-state index in [4.69, 9.17) is 4.74 Å². The molecular weight excluding hydrogens is 271 g/mol. The lowest BCUT2D eigenvalue weighted by atomic mass is 10.1. The monoisotopic (exact) mass is 294 g/mol. The van der Waals surface area contributed by atoms with Crippen LogP contribution in [0.4, 0.5) is 9.18 Å². The molecule has 3 atom stereocenters. The van der Waals surface area contributed by atoms with Gasteiger partial charge in [0, 0.05) is 13.7 Å². The molecule has 0 aliphatic carbocycles. The predicted octanol–water partition coefficient (Wildman–Crippen LogP) is 3.10. The fourth-order valence-electron chi connectivity index (χ4n) is 2.53. The van der Waals surface area contributed by atoms with Crippen molar-refractivity contribution in [3.8, 4) is 0 Å². The molecule has 0 spiro atoms. The van der Waals surface area contributed by atoms with Crippen molar-refractivity contribution in [2.24, 2.45) is 0 Å². The molecule has 0 bridgehead atoms. The molecule has 1 aliphatic heterocycles. The maximum absolute atomic E-state index is 12.9. The first-order valence-electron chi connectivity index (χ1n) is 7.39. The number of rotatable bonds is 4. The van der Waals surface area contributed by atoms with Crippen LogP contribution >= 0.6 is 0 Å². The minimum atomic E-state index is -0.273. The van der Waals surface area contributed by atoms with Crippen molar-refractivity contribution in [3.63, 3.8) is 0 Å². The Morgan fingerprint density at radius 2 is 2.05 bits per heavy atom. The Balaban J connectivity index is 1.93. The molecule has 1 N–H and O–H groups in total. The van der Waals surface area contributed by atoms with Gasteiger partial charge in [0.2, 0.25) is 0 Å². The van der Waals surface area contributed by atoms with E-state index in [0.717, 1.165) is 25.0 Å². The lowest BCUT2D eigenvalue weighted by molar-refractivity contribution is 0.0830. The highest BCUT2D eigenvalue weighted by Crippen LogP contribution is 2.20. The summed E-state index contributed by atoms with van der Waals surface area (Å²) in [5.41, 5.74) is 0.902. The smallest absolute Gasteiger partial charge is 0.317 e. The average molecular weight is 294 g/mol. The van der Waals surface area contributed by atoms with Gasteiger partial charge in [0.05, 0.1) is 18.2 Å². The van der Waals surface area contributed by atoms with Gasteiger partial charge in [-0.2, -0.15) is 0 Å². The van der Waals surface area contributed by atoms with Gasteiger partial charge in [-0.1, -0.05) is 12.1 Å². The minimum absolute atomic E-state index is 0.0112. The van der Waals surface area contributed by atoms with Crippen LogP contribution in [0.25, 0.3) is 0 Å². The number of halogens is 1. The fourth-order valence-corrected chi connectivity index (χ4v) is 2.53. The van der Waals surface area contributed by atoms with Crippen molar-refractivity contribution >= 4 is 6.03 Å². The topological polar surface area (TPSA) is 41.6 Å². The van der Waals surface area contributed by atoms with Gasteiger partial charge in [-0.3, -0.25) is 0 Å². The Labute approximate surface area is 125 Å². The van der Waals surface area contributed by atoms with Crippen LogP contribution in [0.15, 0.2) is 24.3 Å². The largest absolute Gasteiger partial charge is 0.376 e. The molecule has 1 heterocycles. The Morgan fingerprint density at radius 3 is 2.62 bits per heavy atom. The van der Waals surface area contributed by atoms with Crippen LogP contribution in [0.2, 0.25) is 0 Å². The normalized spacial score (nSPS) is 20.9. The molecule has 1 aromatic carbocycles. The zero-order valence-corrected chi connectivity index (χ0v) is 12.8. The summed E-state index contributed by atoms with van der Waals surface area (Å²) in [6.45, 7) is 4.65. The fraction of sp³-hybridized carbons (Fsp3) is 0.562. The van der Waals surface area contributed by atoms with Gasteiger partial charge in [-0.25, -0.2) is 9.18 Å². The van der Waals surface area contributed by atoms with Gasteiger partial charge in [0.1, 0.15) is 5.82 Å². The maximum Gasteiger partial charge on any atom is 0.317 e. The molecule has 0 saturated carbocycles. The molecule has 2 amide bonds. The van der Waals surface area contributed by atoms with E-state index in [-0.39, 0.29) is 30.0 Å². The number of benzene rings is 1. The second kappa shape index (κ2) is 6.89. The lowest BCUT2D eigenvalue weighted by Crippen LogP contribution is -2.47.